The van der Waals surface area contributed by atoms with Crippen molar-refractivity contribution in [3.63, 3.8) is 0 Å². The summed E-state index contributed by atoms with van der Waals surface area (Å²) in [4.78, 5) is 10.9. The highest BCUT2D eigenvalue weighted by Crippen LogP contribution is 2.22. The van der Waals surface area contributed by atoms with Gasteiger partial charge in [0.15, 0.2) is 11.6 Å². The van der Waals surface area contributed by atoms with Crippen LogP contribution >= 0.6 is 0 Å². The quantitative estimate of drug-likeness (QED) is 0.647. The molecule has 3 aromatic rings. The van der Waals surface area contributed by atoms with Crippen LogP contribution in [0.1, 0.15) is 11.4 Å². The molecule has 0 aliphatic carbocycles. The van der Waals surface area contributed by atoms with Crippen molar-refractivity contribution in [1.29, 1.82) is 5.26 Å². The molecule has 1 saturated heterocycles. The minimum absolute atomic E-state index is 0.403. The normalized spacial score (nSPS) is 14.7. The number of nitrogens with zero attached hydrogens (tertiary/aromatic N) is 7. The molecule has 1 aliphatic heterocycles. The molecule has 28 heavy (non-hydrogen) atoms. The molecule has 1 aromatic carbocycles. The van der Waals surface area contributed by atoms with Crippen LogP contribution < -0.4 is 4.90 Å². The third-order valence-electron chi connectivity index (χ3n) is 4.53. The first-order chi connectivity index (χ1) is 13.8. The Morgan fingerprint density at radius 3 is 2.50 bits per heavy atom. The van der Waals surface area contributed by atoms with Gasteiger partial charge in [-0.2, -0.15) is 5.26 Å². The van der Waals surface area contributed by atoms with E-state index in [1.807, 2.05) is 41.9 Å². The maximum Gasteiger partial charge on any atom is 0.225 e. The number of rotatable bonds is 4. The van der Waals surface area contributed by atoms with Gasteiger partial charge in [-0.05, 0) is 6.08 Å². The maximum atomic E-state index is 9.64. The summed E-state index contributed by atoms with van der Waals surface area (Å²) in [5.74, 6) is 1.87. The number of aromatic nitrogens is 5. The van der Waals surface area contributed by atoms with Crippen molar-refractivity contribution < 1.29 is 4.74 Å². The molecule has 1 aliphatic rings. The van der Waals surface area contributed by atoms with E-state index in [0.717, 1.165) is 24.2 Å². The fraction of sp³-hybridized carbons (Fsp3) is 0.250. The van der Waals surface area contributed by atoms with E-state index in [4.69, 9.17) is 4.74 Å². The van der Waals surface area contributed by atoms with Gasteiger partial charge in [0.25, 0.3) is 0 Å². The topological polar surface area (TPSA) is 92.8 Å². The van der Waals surface area contributed by atoms with Gasteiger partial charge in [-0.15, -0.1) is 10.2 Å². The van der Waals surface area contributed by atoms with Gasteiger partial charge in [-0.1, -0.05) is 30.3 Å². The first-order valence-electron chi connectivity index (χ1n) is 8.98. The average molecular weight is 373 g/mol. The molecular formula is C20H19N7O. The summed E-state index contributed by atoms with van der Waals surface area (Å²) in [5, 5.41) is 18.1. The number of hydrogen-bond donors (Lipinski definition) is 0. The predicted octanol–water partition coefficient (Wildman–Crippen LogP) is 2.17. The summed E-state index contributed by atoms with van der Waals surface area (Å²) >= 11 is 0. The molecule has 0 amide bonds. The molecule has 2 aromatic heterocycles. The molecule has 8 nitrogen and oxygen atoms in total. The highest BCUT2D eigenvalue weighted by molar-refractivity contribution is 5.87. The summed E-state index contributed by atoms with van der Waals surface area (Å²) in [5.41, 5.74) is 2.08. The van der Waals surface area contributed by atoms with Crippen LogP contribution in [0, 0.1) is 11.3 Å². The van der Waals surface area contributed by atoms with Crippen molar-refractivity contribution in [1.82, 2.24) is 24.7 Å². The van der Waals surface area contributed by atoms with E-state index >= 15 is 0 Å². The average Bonchev–Trinajstić information content (AvgIpc) is 3.15. The fourth-order valence-corrected chi connectivity index (χ4v) is 3.05. The molecule has 1 fully saturated rings. The van der Waals surface area contributed by atoms with E-state index in [0.29, 0.717) is 36.4 Å². The van der Waals surface area contributed by atoms with Crippen molar-refractivity contribution in [2.45, 2.75) is 0 Å². The molecule has 4 rings (SSSR count). The Bertz CT molecular complexity index is 1010. The monoisotopic (exact) mass is 373 g/mol. The lowest BCUT2D eigenvalue weighted by molar-refractivity contribution is 0.122. The van der Waals surface area contributed by atoms with Gasteiger partial charge in [0.05, 0.1) is 18.8 Å². The number of nitriles is 1. The molecule has 140 valence electrons. The lowest BCUT2D eigenvalue weighted by Crippen LogP contribution is -2.37. The zero-order valence-electron chi connectivity index (χ0n) is 15.5. The number of hydrogen-bond acceptors (Lipinski definition) is 7. The molecule has 3 heterocycles. The van der Waals surface area contributed by atoms with Crippen molar-refractivity contribution in [3.05, 3.63) is 54.1 Å². The minimum atomic E-state index is 0.403. The summed E-state index contributed by atoms with van der Waals surface area (Å²) in [7, 11) is 1.85. The Morgan fingerprint density at radius 1 is 1.11 bits per heavy atom. The number of allylic oxidation sites excluding steroid dienone is 1. The highest BCUT2D eigenvalue weighted by atomic mass is 16.5. The Balaban J connectivity index is 1.60. The van der Waals surface area contributed by atoms with E-state index in [2.05, 4.69) is 31.1 Å². The van der Waals surface area contributed by atoms with Crippen LogP contribution in [0.25, 0.3) is 23.0 Å². The SMILES string of the molecule is Cn1c(/C(C#N)=C\c2cnc(N3CCOCC3)nc2)nnc1-c1ccccc1. The second-order valence-corrected chi connectivity index (χ2v) is 6.36. The third-order valence-corrected chi connectivity index (χ3v) is 4.53. The number of anilines is 1. The first-order valence-corrected chi connectivity index (χ1v) is 8.98. The molecule has 0 saturated carbocycles. The van der Waals surface area contributed by atoms with Gasteiger partial charge >= 0.3 is 0 Å². The van der Waals surface area contributed by atoms with E-state index in [-0.39, 0.29) is 0 Å². The molecule has 0 radical (unpaired) electrons. The van der Waals surface area contributed by atoms with Crippen LogP contribution in [-0.2, 0) is 11.8 Å². The molecule has 0 spiro atoms. The number of ether oxygens (including phenoxy) is 1. The third kappa shape index (κ3) is 3.61. The molecular weight excluding hydrogens is 354 g/mol. The Hall–Kier alpha value is -3.57. The minimum Gasteiger partial charge on any atom is -0.378 e. The standard InChI is InChI=1S/C20H19N7O/c1-26-18(16-5-3-2-4-6-16)24-25-19(26)17(12-21)11-15-13-22-20(23-14-15)27-7-9-28-10-8-27/h2-6,11,13-14H,7-10H2,1H3/b17-11-. The second kappa shape index (κ2) is 7.98. The Kier molecular flexibility index (Phi) is 5.08. The van der Waals surface area contributed by atoms with E-state index in [1.165, 1.54) is 0 Å². The van der Waals surface area contributed by atoms with Crippen LogP contribution in [0.4, 0.5) is 5.95 Å². The van der Waals surface area contributed by atoms with Crippen LogP contribution in [0.5, 0.6) is 0 Å². The zero-order chi connectivity index (χ0) is 19.3. The molecule has 0 atom stereocenters. The van der Waals surface area contributed by atoms with Gasteiger partial charge in [0, 0.05) is 43.7 Å². The van der Waals surface area contributed by atoms with Crippen LogP contribution in [0.15, 0.2) is 42.7 Å². The second-order valence-electron chi connectivity index (χ2n) is 6.36. The van der Waals surface area contributed by atoms with Crippen molar-refractivity contribution in [2.75, 3.05) is 31.2 Å². The summed E-state index contributed by atoms with van der Waals surface area (Å²) in [6, 6.07) is 12.0. The summed E-state index contributed by atoms with van der Waals surface area (Å²) in [6.45, 7) is 2.92. The van der Waals surface area contributed by atoms with Crippen molar-refractivity contribution in [2.24, 2.45) is 7.05 Å². The number of morpholine rings is 1. The lowest BCUT2D eigenvalue weighted by atomic mass is 10.2. The first kappa shape index (κ1) is 17.8. The highest BCUT2D eigenvalue weighted by Gasteiger charge is 2.16. The van der Waals surface area contributed by atoms with Crippen LogP contribution in [0.2, 0.25) is 0 Å². The van der Waals surface area contributed by atoms with E-state index in [1.54, 1.807) is 18.5 Å². The van der Waals surface area contributed by atoms with Gasteiger partial charge in [-0.3, -0.25) is 0 Å². The van der Waals surface area contributed by atoms with Crippen LogP contribution in [0.3, 0.4) is 0 Å². The summed E-state index contributed by atoms with van der Waals surface area (Å²) < 4.78 is 7.16. The summed E-state index contributed by atoms with van der Waals surface area (Å²) in [6.07, 6.45) is 5.15. The van der Waals surface area contributed by atoms with Gasteiger partial charge in [0.1, 0.15) is 6.07 Å². The molecule has 0 bridgehead atoms. The van der Waals surface area contributed by atoms with E-state index in [9.17, 15) is 5.26 Å². The largest absolute Gasteiger partial charge is 0.378 e. The van der Waals surface area contributed by atoms with Crippen molar-refractivity contribution in [3.8, 4) is 17.5 Å². The molecule has 0 unspecified atom stereocenters. The van der Waals surface area contributed by atoms with Gasteiger partial charge in [-0.25, -0.2) is 9.97 Å². The fourth-order valence-electron chi connectivity index (χ4n) is 3.05. The lowest BCUT2D eigenvalue weighted by Gasteiger charge is -2.26. The smallest absolute Gasteiger partial charge is 0.225 e. The molecule has 0 N–H and O–H groups in total. The Morgan fingerprint density at radius 2 is 1.82 bits per heavy atom. The van der Waals surface area contributed by atoms with Crippen molar-refractivity contribution >= 4 is 17.6 Å². The maximum absolute atomic E-state index is 9.64. The number of benzene rings is 1. The molecule has 8 heteroatoms. The van der Waals surface area contributed by atoms with E-state index < -0.39 is 0 Å². The predicted molar refractivity (Wildman–Crippen MR) is 105 cm³/mol. The van der Waals surface area contributed by atoms with Gasteiger partial charge < -0.3 is 14.2 Å². The Labute approximate surface area is 162 Å². The zero-order valence-corrected chi connectivity index (χ0v) is 15.5. The van der Waals surface area contributed by atoms with Crippen LogP contribution in [-0.4, -0.2) is 51.0 Å². The van der Waals surface area contributed by atoms with Gasteiger partial charge in [0.2, 0.25) is 5.95 Å².